The molecular weight excluding hydrogens is 368 g/mol. The Bertz CT molecular complexity index is 1050. The largest absolute Gasteiger partial charge is 0.348 e. The molecule has 150 valence electrons. The fourth-order valence-electron chi connectivity index (χ4n) is 2.87. The molecular formula is C21H24N6O2. The van der Waals surface area contributed by atoms with E-state index in [9.17, 15) is 9.59 Å². The van der Waals surface area contributed by atoms with Crippen LogP contribution < -0.4 is 5.32 Å². The van der Waals surface area contributed by atoms with Gasteiger partial charge in [-0.25, -0.2) is 9.97 Å². The number of hydrogen-bond acceptors (Lipinski definition) is 5. The summed E-state index contributed by atoms with van der Waals surface area (Å²) in [6.45, 7) is 4.03. The molecule has 0 bridgehead atoms. The summed E-state index contributed by atoms with van der Waals surface area (Å²) in [4.78, 5) is 34.9. The Hall–Kier alpha value is -3.55. The van der Waals surface area contributed by atoms with E-state index in [1.807, 2.05) is 31.2 Å². The van der Waals surface area contributed by atoms with Crippen LogP contribution in [-0.2, 0) is 13.6 Å². The molecule has 0 spiro atoms. The Morgan fingerprint density at radius 3 is 2.34 bits per heavy atom. The molecule has 29 heavy (non-hydrogen) atoms. The number of carbonyl (C=O) groups is 2. The van der Waals surface area contributed by atoms with Gasteiger partial charge in [-0.15, -0.1) is 0 Å². The molecule has 3 aromatic rings. The maximum absolute atomic E-state index is 12.4. The van der Waals surface area contributed by atoms with E-state index in [1.54, 1.807) is 45.1 Å². The van der Waals surface area contributed by atoms with E-state index in [-0.39, 0.29) is 11.8 Å². The van der Waals surface area contributed by atoms with Crippen molar-refractivity contribution in [2.24, 2.45) is 7.05 Å². The SMILES string of the molecule is Cc1ncc(C(=O)N(C)C)c(-c2ccc(CNC(=O)c3cnn(C)c3C)cc2)n1. The van der Waals surface area contributed by atoms with Crippen LogP contribution in [0.25, 0.3) is 11.3 Å². The number of carbonyl (C=O) groups excluding carboxylic acids is 2. The van der Waals surface area contributed by atoms with Crippen molar-refractivity contribution in [3.63, 3.8) is 0 Å². The second-order valence-corrected chi connectivity index (χ2v) is 7.03. The Labute approximate surface area is 169 Å². The zero-order valence-corrected chi connectivity index (χ0v) is 17.2. The van der Waals surface area contributed by atoms with Gasteiger partial charge in [-0.1, -0.05) is 24.3 Å². The summed E-state index contributed by atoms with van der Waals surface area (Å²) in [5, 5.41) is 7.00. The minimum Gasteiger partial charge on any atom is -0.348 e. The third kappa shape index (κ3) is 4.31. The first kappa shape index (κ1) is 20.2. The second-order valence-electron chi connectivity index (χ2n) is 7.03. The molecule has 0 atom stereocenters. The number of amides is 2. The molecule has 0 aliphatic heterocycles. The van der Waals surface area contributed by atoms with E-state index in [0.29, 0.717) is 29.2 Å². The first-order chi connectivity index (χ1) is 13.8. The molecule has 0 radical (unpaired) electrons. The molecule has 8 heteroatoms. The number of nitrogens with zero attached hydrogens (tertiary/aromatic N) is 5. The zero-order chi connectivity index (χ0) is 21.1. The van der Waals surface area contributed by atoms with E-state index in [4.69, 9.17) is 0 Å². The summed E-state index contributed by atoms with van der Waals surface area (Å²) >= 11 is 0. The molecule has 2 aromatic heterocycles. The summed E-state index contributed by atoms with van der Waals surface area (Å²) in [7, 11) is 5.19. The molecule has 0 saturated heterocycles. The summed E-state index contributed by atoms with van der Waals surface area (Å²) in [6.07, 6.45) is 3.12. The minimum absolute atomic E-state index is 0.150. The average molecular weight is 392 g/mol. The minimum atomic E-state index is -0.162. The van der Waals surface area contributed by atoms with Crippen molar-refractivity contribution in [1.29, 1.82) is 0 Å². The summed E-state index contributed by atoms with van der Waals surface area (Å²) in [6, 6.07) is 7.61. The number of aromatic nitrogens is 4. The van der Waals surface area contributed by atoms with Crippen molar-refractivity contribution in [2.45, 2.75) is 20.4 Å². The zero-order valence-electron chi connectivity index (χ0n) is 17.2. The third-order valence-electron chi connectivity index (χ3n) is 4.71. The fourth-order valence-corrected chi connectivity index (χ4v) is 2.87. The molecule has 0 aliphatic carbocycles. The summed E-state index contributed by atoms with van der Waals surface area (Å²) in [5.41, 5.74) is 4.18. The van der Waals surface area contributed by atoms with Crippen molar-refractivity contribution in [3.8, 4) is 11.3 Å². The Morgan fingerprint density at radius 1 is 1.07 bits per heavy atom. The number of aryl methyl sites for hydroxylation is 2. The number of nitrogens with one attached hydrogen (secondary N) is 1. The average Bonchev–Trinajstić information content (AvgIpc) is 3.04. The first-order valence-electron chi connectivity index (χ1n) is 9.19. The normalized spacial score (nSPS) is 10.7. The van der Waals surface area contributed by atoms with E-state index in [2.05, 4.69) is 20.4 Å². The highest BCUT2D eigenvalue weighted by atomic mass is 16.2. The van der Waals surface area contributed by atoms with Crippen LogP contribution in [0.5, 0.6) is 0 Å². The molecule has 0 aliphatic rings. The monoisotopic (exact) mass is 392 g/mol. The lowest BCUT2D eigenvalue weighted by molar-refractivity contribution is 0.0827. The molecule has 2 heterocycles. The van der Waals surface area contributed by atoms with Gasteiger partial charge in [0, 0.05) is 45.1 Å². The van der Waals surface area contributed by atoms with Crippen LogP contribution in [0.3, 0.4) is 0 Å². The van der Waals surface area contributed by atoms with Crippen molar-refractivity contribution in [2.75, 3.05) is 14.1 Å². The van der Waals surface area contributed by atoms with Gasteiger partial charge in [0.25, 0.3) is 11.8 Å². The van der Waals surface area contributed by atoms with E-state index < -0.39 is 0 Å². The van der Waals surface area contributed by atoms with E-state index >= 15 is 0 Å². The van der Waals surface area contributed by atoms with Crippen LogP contribution in [0.15, 0.2) is 36.7 Å². The van der Waals surface area contributed by atoms with Gasteiger partial charge in [-0.3, -0.25) is 14.3 Å². The molecule has 2 amide bonds. The highest BCUT2D eigenvalue weighted by Crippen LogP contribution is 2.23. The maximum Gasteiger partial charge on any atom is 0.257 e. The highest BCUT2D eigenvalue weighted by molar-refractivity contribution is 5.99. The lowest BCUT2D eigenvalue weighted by Gasteiger charge is -2.14. The van der Waals surface area contributed by atoms with Gasteiger partial charge in [0.2, 0.25) is 0 Å². The van der Waals surface area contributed by atoms with Gasteiger partial charge >= 0.3 is 0 Å². The van der Waals surface area contributed by atoms with Crippen LogP contribution in [0.4, 0.5) is 0 Å². The fraction of sp³-hybridized carbons (Fsp3) is 0.286. The Kier molecular flexibility index (Phi) is 5.72. The Morgan fingerprint density at radius 2 is 1.76 bits per heavy atom. The molecule has 0 saturated carbocycles. The predicted octanol–water partition coefficient (Wildman–Crippen LogP) is 2.13. The summed E-state index contributed by atoms with van der Waals surface area (Å²) in [5.74, 6) is 0.284. The quantitative estimate of drug-likeness (QED) is 0.718. The van der Waals surface area contributed by atoms with Gasteiger partial charge in [0.05, 0.1) is 23.0 Å². The topological polar surface area (TPSA) is 93.0 Å². The molecule has 1 N–H and O–H groups in total. The Balaban J connectivity index is 1.77. The van der Waals surface area contributed by atoms with Crippen LogP contribution in [0, 0.1) is 13.8 Å². The predicted molar refractivity (Wildman–Crippen MR) is 109 cm³/mol. The molecule has 8 nitrogen and oxygen atoms in total. The smallest absolute Gasteiger partial charge is 0.257 e. The van der Waals surface area contributed by atoms with Gasteiger partial charge in [-0.2, -0.15) is 5.10 Å². The third-order valence-corrected chi connectivity index (χ3v) is 4.71. The summed E-state index contributed by atoms with van der Waals surface area (Å²) < 4.78 is 1.67. The molecule has 0 fully saturated rings. The van der Waals surface area contributed by atoms with Crippen LogP contribution in [0.1, 0.15) is 37.8 Å². The lowest BCUT2D eigenvalue weighted by atomic mass is 10.0. The first-order valence-corrected chi connectivity index (χ1v) is 9.19. The molecule has 0 unspecified atom stereocenters. The number of hydrogen-bond donors (Lipinski definition) is 1. The van der Waals surface area contributed by atoms with Crippen LogP contribution in [0.2, 0.25) is 0 Å². The maximum atomic E-state index is 12.4. The van der Waals surface area contributed by atoms with Crippen molar-refractivity contribution < 1.29 is 9.59 Å². The van der Waals surface area contributed by atoms with E-state index in [1.165, 1.54) is 4.90 Å². The highest BCUT2D eigenvalue weighted by Gasteiger charge is 2.17. The number of rotatable bonds is 5. The second kappa shape index (κ2) is 8.22. The van der Waals surface area contributed by atoms with E-state index in [0.717, 1.165) is 16.8 Å². The lowest BCUT2D eigenvalue weighted by Crippen LogP contribution is -2.23. The van der Waals surface area contributed by atoms with Crippen molar-refractivity contribution in [3.05, 3.63) is 64.9 Å². The van der Waals surface area contributed by atoms with Crippen LogP contribution in [-0.4, -0.2) is 50.6 Å². The van der Waals surface area contributed by atoms with Crippen LogP contribution >= 0.6 is 0 Å². The van der Waals surface area contributed by atoms with Gasteiger partial charge in [0.1, 0.15) is 5.82 Å². The molecule has 1 aromatic carbocycles. The van der Waals surface area contributed by atoms with Gasteiger partial charge in [-0.05, 0) is 19.4 Å². The standard InChI is InChI=1S/C21H24N6O2/c1-13-17(12-24-27(13)5)20(28)23-10-15-6-8-16(9-7-15)19-18(21(29)26(3)4)11-22-14(2)25-19/h6-9,11-12H,10H2,1-5H3,(H,23,28). The number of benzene rings is 1. The van der Waals surface area contributed by atoms with Gasteiger partial charge in [0.15, 0.2) is 0 Å². The molecule has 3 rings (SSSR count). The van der Waals surface area contributed by atoms with Crippen molar-refractivity contribution >= 4 is 11.8 Å². The van der Waals surface area contributed by atoms with Crippen molar-refractivity contribution in [1.82, 2.24) is 30.0 Å². The van der Waals surface area contributed by atoms with Gasteiger partial charge < -0.3 is 10.2 Å².